The molecular weight excluding hydrogens is 592 g/mol. The fourth-order valence-electron chi connectivity index (χ4n) is 4.94. The fraction of sp³-hybridized carbons (Fsp3) is 0.286. The summed E-state index contributed by atoms with van der Waals surface area (Å²) in [6, 6.07) is 25.9. The Hall–Kier alpha value is -4.38. The van der Waals surface area contributed by atoms with Gasteiger partial charge in [-0.15, -0.1) is 0 Å². The first-order valence-corrected chi connectivity index (χ1v) is 16.6. The Kier molecular flexibility index (Phi) is 11.6. The van der Waals surface area contributed by atoms with E-state index < -0.39 is 16.1 Å². The van der Waals surface area contributed by atoms with E-state index in [4.69, 9.17) is 14.2 Å². The number of aliphatic hydroxyl groups is 1. The third-order valence-corrected chi connectivity index (χ3v) is 7.59. The van der Waals surface area contributed by atoms with Crippen LogP contribution in [0.2, 0.25) is 0 Å². The number of nitrogens with one attached hydrogen (secondary N) is 2. The summed E-state index contributed by atoms with van der Waals surface area (Å²) in [6.45, 7) is 7.54. The van der Waals surface area contributed by atoms with E-state index in [1.807, 2.05) is 68.4 Å². The van der Waals surface area contributed by atoms with E-state index in [0.717, 1.165) is 39.8 Å². The summed E-state index contributed by atoms with van der Waals surface area (Å²) >= 11 is 0. The van der Waals surface area contributed by atoms with Crippen LogP contribution in [0.1, 0.15) is 45.6 Å². The van der Waals surface area contributed by atoms with Crippen molar-refractivity contribution in [3.63, 3.8) is 0 Å². The summed E-state index contributed by atoms with van der Waals surface area (Å²) in [5.41, 5.74) is 6.45. The van der Waals surface area contributed by atoms with Crippen molar-refractivity contribution in [2.45, 2.75) is 33.5 Å². The van der Waals surface area contributed by atoms with Gasteiger partial charge in [0.15, 0.2) is 0 Å². The minimum Gasteiger partial charge on any atom is -0.492 e. The number of rotatable bonds is 15. The van der Waals surface area contributed by atoms with Gasteiger partial charge in [0.1, 0.15) is 24.7 Å². The molecule has 4 aromatic rings. The lowest BCUT2D eigenvalue weighted by Crippen LogP contribution is -2.26. The standard InChI is InChI=1S/C35H40N2O7S/c1-5-42-35(39)28-13-11-27(12-14-28)34-24(2)19-30(20-25(34)3)43-18-17-36-22-32(38)29-15-16-33(31(21-29)37-45(4,40)41)44-23-26-9-7-6-8-10-26/h6-16,19-21,32,36-38H,5,17-18,22-23H2,1-4H3. The highest BCUT2D eigenvalue weighted by atomic mass is 32.2. The molecule has 3 N–H and O–H groups in total. The highest BCUT2D eigenvalue weighted by molar-refractivity contribution is 7.92. The number of hydrogen-bond acceptors (Lipinski definition) is 8. The number of benzene rings is 4. The van der Waals surface area contributed by atoms with Crippen LogP contribution >= 0.6 is 0 Å². The maximum Gasteiger partial charge on any atom is 0.338 e. The average Bonchev–Trinajstić information content (AvgIpc) is 3.00. The van der Waals surface area contributed by atoms with E-state index in [1.165, 1.54) is 0 Å². The maximum absolute atomic E-state index is 12.0. The number of esters is 1. The lowest BCUT2D eigenvalue weighted by Gasteiger charge is -2.17. The third kappa shape index (κ3) is 9.81. The van der Waals surface area contributed by atoms with Gasteiger partial charge in [0, 0.05) is 13.1 Å². The average molecular weight is 633 g/mol. The molecule has 0 saturated carbocycles. The molecule has 1 atom stereocenters. The molecule has 238 valence electrons. The number of sulfonamides is 1. The number of anilines is 1. The van der Waals surface area contributed by atoms with E-state index in [9.17, 15) is 18.3 Å². The molecule has 4 aromatic carbocycles. The van der Waals surface area contributed by atoms with Crippen LogP contribution in [0, 0.1) is 13.8 Å². The van der Waals surface area contributed by atoms with Gasteiger partial charge in [0.25, 0.3) is 0 Å². The van der Waals surface area contributed by atoms with E-state index >= 15 is 0 Å². The minimum absolute atomic E-state index is 0.241. The lowest BCUT2D eigenvalue weighted by atomic mass is 9.95. The summed E-state index contributed by atoms with van der Waals surface area (Å²) in [5, 5.41) is 14.0. The number of aliphatic hydroxyl groups excluding tert-OH is 1. The second-order valence-corrected chi connectivity index (χ2v) is 12.5. The van der Waals surface area contributed by atoms with Crippen LogP contribution in [0.3, 0.4) is 0 Å². The van der Waals surface area contributed by atoms with E-state index in [-0.39, 0.29) is 24.8 Å². The van der Waals surface area contributed by atoms with Gasteiger partial charge < -0.3 is 24.6 Å². The number of carbonyl (C=O) groups is 1. The molecule has 9 nitrogen and oxygen atoms in total. The van der Waals surface area contributed by atoms with Gasteiger partial charge in [-0.3, -0.25) is 4.72 Å². The van der Waals surface area contributed by atoms with Crippen molar-refractivity contribution in [2.75, 3.05) is 37.3 Å². The molecule has 0 bridgehead atoms. The molecule has 0 heterocycles. The smallest absolute Gasteiger partial charge is 0.338 e. The van der Waals surface area contributed by atoms with E-state index in [0.29, 0.717) is 36.6 Å². The van der Waals surface area contributed by atoms with Crippen LogP contribution in [0.4, 0.5) is 5.69 Å². The van der Waals surface area contributed by atoms with Crippen molar-refractivity contribution in [3.8, 4) is 22.6 Å². The molecule has 0 radical (unpaired) electrons. The molecule has 0 aliphatic heterocycles. The number of ether oxygens (including phenoxy) is 3. The predicted molar refractivity (Wildman–Crippen MR) is 176 cm³/mol. The van der Waals surface area contributed by atoms with Crippen LogP contribution in [-0.2, 0) is 21.4 Å². The second kappa shape index (κ2) is 15.6. The summed E-state index contributed by atoms with van der Waals surface area (Å²) in [4.78, 5) is 12.0. The molecule has 10 heteroatoms. The molecule has 0 aromatic heterocycles. The van der Waals surface area contributed by atoms with Gasteiger partial charge in [-0.05, 0) is 90.6 Å². The van der Waals surface area contributed by atoms with Crippen molar-refractivity contribution in [1.29, 1.82) is 0 Å². The lowest BCUT2D eigenvalue weighted by molar-refractivity contribution is 0.0526. The zero-order chi connectivity index (χ0) is 32.4. The number of hydrogen-bond donors (Lipinski definition) is 3. The van der Waals surface area contributed by atoms with Crippen LogP contribution in [0.25, 0.3) is 11.1 Å². The molecule has 0 saturated heterocycles. The fourth-order valence-corrected chi connectivity index (χ4v) is 5.50. The van der Waals surface area contributed by atoms with E-state index in [1.54, 1.807) is 37.3 Å². The largest absolute Gasteiger partial charge is 0.492 e. The first-order chi connectivity index (χ1) is 21.5. The van der Waals surface area contributed by atoms with Crippen molar-refractivity contribution in [2.24, 2.45) is 0 Å². The molecule has 4 rings (SSSR count). The van der Waals surface area contributed by atoms with Gasteiger partial charge in [-0.2, -0.15) is 0 Å². The summed E-state index contributed by atoms with van der Waals surface area (Å²) in [6.07, 6.45) is 0.187. The van der Waals surface area contributed by atoms with Crippen LogP contribution in [0.5, 0.6) is 11.5 Å². The maximum atomic E-state index is 12.0. The van der Waals surface area contributed by atoms with Gasteiger partial charge in [-0.1, -0.05) is 48.5 Å². The van der Waals surface area contributed by atoms with E-state index in [2.05, 4.69) is 10.0 Å². The predicted octanol–water partition coefficient (Wildman–Crippen LogP) is 5.80. The second-order valence-electron chi connectivity index (χ2n) is 10.7. The van der Waals surface area contributed by atoms with Crippen molar-refractivity contribution >= 4 is 21.7 Å². The van der Waals surface area contributed by atoms with Gasteiger partial charge in [-0.25, -0.2) is 13.2 Å². The Morgan fingerprint density at radius 2 is 1.60 bits per heavy atom. The van der Waals surface area contributed by atoms with Crippen molar-refractivity contribution in [3.05, 3.63) is 113 Å². The highest BCUT2D eigenvalue weighted by Crippen LogP contribution is 2.32. The number of carbonyl (C=O) groups excluding carboxylic acids is 1. The van der Waals surface area contributed by atoms with Crippen LogP contribution in [0.15, 0.2) is 84.9 Å². The van der Waals surface area contributed by atoms with Crippen LogP contribution in [-0.4, -0.2) is 52.1 Å². The number of aryl methyl sites for hydroxylation is 2. The molecule has 0 fully saturated rings. The quantitative estimate of drug-likeness (QED) is 0.111. The van der Waals surface area contributed by atoms with Gasteiger partial charge in [0.05, 0.1) is 30.2 Å². The van der Waals surface area contributed by atoms with Crippen molar-refractivity contribution < 1.29 is 32.5 Å². The normalized spacial score (nSPS) is 11.9. The first kappa shape index (κ1) is 33.5. The summed E-state index contributed by atoms with van der Waals surface area (Å²) in [7, 11) is -3.57. The Balaban J connectivity index is 1.31. The molecule has 1 unspecified atom stereocenters. The van der Waals surface area contributed by atoms with Gasteiger partial charge >= 0.3 is 5.97 Å². The minimum atomic E-state index is -3.57. The third-order valence-electron chi connectivity index (χ3n) is 7.00. The van der Waals surface area contributed by atoms with Crippen LogP contribution < -0.4 is 19.5 Å². The molecule has 45 heavy (non-hydrogen) atoms. The molecule has 0 aliphatic rings. The SMILES string of the molecule is CCOC(=O)c1ccc(-c2c(C)cc(OCCNCC(O)c3ccc(OCc4ccccc4)c(NS(C)(=O)=O)c3)cc2C)cc1. The Bertz CT molecular complexity index is 1670. The van der Waals surface area contributed by atoms with Gasteiger partial charge in [0.2, 0.25) is 10.0 Å². The molecule has 0 amide bonds. The molecule has 0 aliphatic carbocycles. The Labute approximate surface area is 265 Å². The molecular formula is C35H40N2O7S. The summed E-state index contributed by atoms with van der Waals surface area (Å²) in [5.74, 6) is 0.770. The monoisotopic (exact) mass is 632 g/mol. The molecule has 0 spiro atoms. The zero-order valence-electron chi connectivity index (χ0n) is 26.0. The Morgan fingerprint density at radius 3 is 2.24 bits per heavy atom. The summed E-state index contributed by atoms with van der Waals surface area (Å²) < 4.78 is 43.4. The zero-order valence-corrected chi connectivity index (χ0v) is 26.8. The van der Waals surface area contributed by atoms with Crippen molar-refractivity contribution in [1.82, 2.24) is 5.32 Å². The Morgan fingerprint density at radius 1 is 0.911 bits per heavy atom. The first-order valence-electron chi connectivity index (χ1n) is 14.7. The topological polar surface area (TPSA) is 123 Å². The highest BCUT2D eigenvalue weighted by Gasteiger charge is 2.15.